The molecule has 7 heteroatoms. The van der Waals surface area contributed by atoms with Crippen molar-refractivity contribution in [3.05, 3.63) is 12.1 Å². The Labute approximate surface area is 110 Å². The number of rotatable bonds is 3. The molecule has 0 spiro atoms. The molecule has 7 nitrogen and oxygen atoms in total. The maximum atomic E-state index is 11.6. The predicted octanol–water partition coefficient (Wildman–Crippen LogP) is -0.0862. The molecule has 1 saturated heterocycles. The molecule has 1 aliphatic heterocycles. The normalized spacial score (nSPS) is 19.3. The average Bonchev–Trinajstić information content (AvgIpc) is 2.37. The van der Waals surface area contributed by atoms with E-state index < -0.39 is 6.04 Å². The molecular formula is C12H16N4O3. The zero-order chi connectivity index (χ0) is 14.0. The zero-order valence-electron chi connectivity index (χ0n) is 10.8. The Balaban J connectivity index is 2.32. The molecule has 1 aliphatic rings. The van der Waals surface area contributed by atoms with Gasteiger partial charge in [-0.05, 0) is 26.0 Å². The topological polar surface area (TPSA) is 97.5 Å². The summed E-state index contributed by atoms with van der Waals surface area (Å²) in [6.45, 7) is 4.06. The lowest BCUT2D eigenvalue weighted by molar-refractivity contribution is -0.132. The van der Waals surface area contributed by atoms with Crippen LogP contribution >= 0.6 is 0 Å². The van der Waals surface area contributed by atoms with Crippen molar-refractivity contribution >= 4 is 23.3 Å². The third-order valence-corrected chi connectivity index (χ3v) is 2.87. The second kappa shape index (κ2) is 5.13. The molecule has 0 radical (unpaired) electrons. The van der Waals surface area contributed by atoms with Crippen molar-refractivity contribution < 1.29 is 14.3 Å². The number of carbonyl (C=O) groups is 2. The number of amides is 2. The van der Waals surface area contributed by atoms with Gasteiger partial charge in [-0.25, -0.2) is 0 Å². The first-order chi connectivity index (χ1) is 9.02. The van der Waals surface area contributed by atoms with E-state index in [9.17, 15) is 9.59 Å². The molecule has 0 saturated carbocycles. The smallest absolute Gasteiger partial charge is 0.249 e. The Morgan fingerprint density at radius 3 is 2.95 bits per heavy atom. The van der Waals surface area contributed by atoms with Gasteiger partial charge >= 0.3 is 0 Å². The van der Waals surface area contributed by atoms with Gasteiger partial charge in [-0.15, -0.1) is 0 Å². The number of nitrogen functional groups attached to an aromatic ring is 1. The van der Waals surface area contributed by atoms with Gasteiger partial charge in [0.15, 0.2) is 0 Å². The van der Waals surface area contributed by atoms with E-state index in [4.69, 9.17) is 10.5 Å². The van der Waals surface area contributed by atoms with Gasteiger partial charge in [-0.1, -0.05) is 0 Å². The number of piperazine rings is 1. The Morgan fingerprint density at radius 2 is 2.26 bits per heavy atom. The number of imide groups is 1. The van der Waals surface area contributed by atoms with Crippen LogP contribution in [0.1, 0.15) is 13.8 Å². The molecular weight excluding hydrogens is 248 g/mol. The molecule has 1 unspecified atom stereocenters. The highest BCUT2D eigenvalue weighted by atomic mass is 16.5. The lowest BCUT2D eigenvalue weighted by atomic mass is 10.2. The molecule has 102 valence electrons. The van der Waals surface area contributed by atoms with Gasteiger partial charge in [0.05, 0.1) is 18.8 Å². The summed E-state index contributed by atoms with van der Waals surface area (Å²) < 4.78 is 5.31. The fourth-order valence-electron chi connectivity index (χ4n) is 1.85. The van der Waals surface area contributed by atoms with Gasteiger partial charge in [0, 0.05) is 0 Å². The summed E-state index contributed by atoms with van der Waals surface area (Å²) in [6, 6.07) is 2.85. The fraction of sp³-hybridized carbons (Fsp3) is 0.417. The molecule has 2 rings (SSSR count). The Hall–Kier alpha value is -2.31. The SMILES string of the molecule is CCOc1nc(N2CC(=O)NC(=O)C2C)ccc1N. The lowest BCUT2D eigenvalue weighted by Crippen LogP contribution is -2.57. The van der Waals surface area contributed by atoms with E-state index in [1.54, 1.807) is 24.0 Å². The van der Waals surface area contributed by atoms with E-state index in [1.165, 1.54) is 0 Å². The van der Waals surface area contributed by atoms with Gasteiger partial charge in [-0.2, -0.15) is 4.98 Å². The molecule has 3 N–H and O–H groups in total. The van der Waals surface area contributed by atoms with Gasteiger partial charge in [-0.3, -0.25) is 14.9 Å². The minimum atomic E-state index is -0.469. The Bertz CT molecular complexity index is 518. The largest absolute Gasteiger partial charge is 0.476 e. The summed E-state index contributed by atoms with van der Waals surface area (Å²) >= 11 is 0. The highest BCUT2D eigenvalue weighted by molar-refractivity contribution is 6.04. The summed E-state index contributed by atoms with van der Waals surface area (Å²) in [5, 5.41) is 2.28. The Kier molecular flexibility index (Phi) is 3.55. The average molecular weight is 264 g/mol. The highest BCUT2D eigenvalue weighted by Gasteiger charge is 2.31. The molecule has 1 aromatic heterocycles. The van der Waals surface area contributed by atoms with E-state index >= 15 is 0 Å². The van der Waals surface area contributed by atoms with Crippen LogP contribution in [-0.4, -0.2) is 36.0 Å². The molecule has 2 heterocycles. The van der Waals surface area contributed by atoms with Crippen molar-refractivity contribution in [3.63, 3.8) is 0 Å². The second-order valence-corrected chi connectivity index (χ2v) is 4.21. The first kappa shape index (κ1) is 13.1. The van der Waals surface area contributed by atoms with Gasteiger partial charge in [0.2, 0.25) is 17.7 Å². The lowest BCUT2D eigenvalue weighted by Gasteiger charge is -2.32. The molecule has 19 heavy (non-hydrogen) atoms. The summed E-state index contributed by atoms with van der Waals surface area (Å²) in [5.74, 6) is 0.117. The number of hydrogen-bond acceptors (Lipinski definition) is 6. The van der Waals surface area contributed by atoms with E-state index in [1.807, 2.05) is 6.92 Å². The summed E-state index contributed by atoms with van der Waals surface area (Å²) in [6.07, 6.45) is 0. The summed E-state index contributed by atoms with van der Waals surface area (Å²) in [5.41, 5.74) is 6.16. The number of nitrogens with zero attached hydrogens (tertiary/aromatic N) is 2. The maximum absolute atomic E-state index is 11.6. The molecule has 0 bridgehead atoms. The number of hydrogen-bond donors (Lipinski definition) is 2. The van der Waals surface area contributed by atoms with Crippen LogP contribution < -0.4 is 20.7 Å². The number of nitrogens with one attached hydrogen (secondary N) is 1. The van der Waals surface area contributed by atoms with Crippen LogP contribution in [0.4, 0.5) is 11.5 Å². The van der Waals surface area contributed by atoms with Gasteiger partial charge < -0.3 is 15.4 Å². The number of pyridine rings is 1. The number of ether oxygens (including phenoxy) is 1. The quantitative estimate of drug-likeness (QED) is 0.741. The van der Waals surface area contributed by atoms with Crippen molar-refractivity contribution in [1.82, 2.24) is 10.3 Å². The third-order valence-electron chi connectivity index (χ3n) is 2.87. The van der Waals surface area contributed by atoms with E-state index in [-0.39, 0.29) is 18.4 Å². The predicted molar refractivity (Wildman–Crippen MR) is 69.8 cm³/mol. The van der Waals surface area contributed by atoms with Crippen LogP contribution in [0.2, 0.25) is 0 Å². The van der Waals surface area contributed by atoms with E-state index in [0.29, 0.717) is 24.0 Å². The number of nitrogens with two attached hydrogens (primary N) is 1. The minimum Gasteiger partial charge on any atom is -0.476 e. The van der Waals surface area contributed by atoms with Crippen molar-refractivity contribution in [1.29, 1.82) is 0 Å². The summed E-state index contributed by atoms with van der Waals surface area (Å²) in [7, 11) is 0. The second-order valence-electron chi connectivity index (χ2n) is 4.21. The molecule has 2 amide bonds. The minimum absolute atomic E-state index is 0.0788. The van der Waals surface area contributed by atoms with Gasteiger partial charge in [0.1, 0.15) is 11.9 Å². The van der Waals surface area contributed by atoms with Crippen molar-refractivity contribution in [2.24, 2.45) is 0 Å². The van der Waals surface area contributed by atoms with Crippen molar-refractivity contribution in [2.45, 2.75) is 19.9 Å². The molecule has 1 aromatic rings. The fourth-order valence-corrected chi connectivity index (χ4v) is 1.85. The number of carbonyl (C=O) groups excluding carboxylic acids is 2. The first-order valence-electron chi connectivity index (χ1n) is 6.02. The van der Waals surface area contributed by atoms with Crippen molar-refractivity contribution in [3.8, 4) is 5.88 Å². The highest BCUT2D eigenvalue weighted by Crippen LogP contribution is 2.25. The van der Waals surface area contributed by atoms with E-state index in [0.717, 1.165) is 0 Å². The van der Waals surface area contributed by atoms with Crippen molar-refractivity contribution in [2.75, 3.05) is 23.8 Å². The molecule has 1 atom stereocenters. The molecule has 0 aromatic carbocycles. The van der Waals surface area contributed by atoms with Crippen LogP contribution in [0.3, 0.4) is 0 Å². The van der Waals surface area contributed by atoms with Crippen LogP contribution in [0.25, 0.3) is 0 Å². The maximum Gasteiger partial charge on any atom is 0.249 e. The monoisotopic (exact) mass is 264 g/mol. The summed E-state index contributed by atoms with van der Waals surface area (Å²) in [4.78, 5) is 28.9. The Morgan fingerprint density at radius 1 is 1.53 bits per heavy atom. The number of aromatic nitrogens is 1. The third kappa shape index (κ3) is 2.59. The van der Waals surface area contributed by atoms with Gasteiger partial charge in [0.25, 0.3) is 0 Å². The standard InChI is InChI=1S/C12H16N4O3/c1-3-19-12-8(13)4-5-9(14-12)16-6-10(17)15-11(18)7(16)2/h4-5,7H,3,6,13H2,1-2H3,(H,15,17,18). The van der Waals surface area contributed by atoms with Crippen LogP contribution in [0.15, 0.2) is 12.1 Å². The number of anilines is 2. The van der Waals surface area contributed by atoms with E-state index in [2.05, 4.69) is 10.3 Å². The van der Waals surface area contributed by atoms with Crippen LogP contribution in [0.5, 0.6) is 5.88 Å². The van der Waals surface area contributed by atoms with Crippen LogP contribution in [0, 0.1) is 0 Å². The first-order valence-corrected chi connectivity index (χ1v) is 6.02. The molecule has 1 fully saturated rings. The zero-order valence-corrected chi connectivity index (χ0v) is 10.8. The molecule has 0 aliphatic carbocycles. The van der Waals surface area contributed by atoms with Crippen LogP contribution in [-0.2, 0) is 9.59 Å².